The van der Waals surface area contributed by atoms with Crippen molar-refractivity contribution in [3.63, 3.8) is 0 Å². The lowest BCUT2D eigenvalue weighted by Gasteiger charge is -2.08. The first-order chi connectivity index (χ1) is 9.52. The molecule has 0 heterocycles. The molecule has 0 radical (unpaired) electrons. The van der Waals surface area contributed by atoms with Crippen LogP contribution in [-0.2, 0) is 6.42 Å². The Hall–Kier alpha value is -2.23. The Morgan fingerprint density at radius 1 is 1.15 bits per heavy atom. The highest BCUT2D eigenvalue weighted by molar-refractivity contribution is 5.98. The fourth-order valence-corrected chi connectivity index (χ4v) is 1.98. The summed E-state index contributed by atoms with van der Waals surface area (Å²) in [6, 6.07) is 8.96. The lowest BCUT2D eigenvalue weighted by atomic mass is 10.0. The van der Waals surface area contributed by atoms with Gasteiger partial charge in [-0.25, -0.2) is 8.78 Å². The van der Waals surface area contributed by atoms with E-state index < -0.39 is 17.4 Å². The Morgan fingerprint density at radius 2 is 1.85 bits per heavy atom. The Labute approximate surface area is 116 Å². The maximum Gasteiger partial charge on any atom is 0.170 e. The zero-order valence-electron chi connectivity index (χ0n) is 11.2. The quantitative estimate of drug-likeness (QED) is 0.796. The third kappa shape index (κ3) is 2.85. The van der Waals surface area contributed by atoms with Crippen molar-refractivity contribution < 1.29 is 18.3 Å². The van der Waals surface area contributed by atoms with E-state index in [1.54, 1.807) is 24.3 Å². The molecule has 2 rings (SSSR count). The fourth-order valence-electron chi connectivity index (χ4n) is 1.98. The molecule has 4 heteroatoms. The van der Waals surface area contributed by atoms with Crippen LogP contribution >= 0.6 is 0 Å². The van der Waals surface area contributed by atoms with Gasteiger partial charge in [0, 0.05) is 12.0 Å². The van der Waals surface area contributed by atoms with Crippen LogP contribution < -0.4 is 4.74 Å². The van der Waals surface area contributed by atoms with Gasteiger partial charge in [-0.1, -0.05) is 18.2 Å². The number of benzene rings is 2. The molecule has 0 bridgehead atoms. The van der Waals surface area contributed by atoms with Gasteiger partial charge in [-0.3, -0.25) is 4.79 Å². The van der Waals surface area contributed by atoms with Crippen molar-refractivity contribution in [3.05, 3.63) is 64.7 Å². The van der Waals surface area contributed by atoms with E-state index in [1.807, 2.05) is 0 Å². The molecule has 2 nitrogen and oxygen atoms in total. The summed E-state index contributed by atoms with van der Waals surface area (Å²) in [5, 5.41) is 0. The van der Waals surface area contributed by atoms with Crippen molar-refractivity contribution in [3.8, 4) is 5.75 Å². The number of carbonyl (C=O) groups excluding carboxylic acids is 1. The normalized spacial score (nSPS) is 10.4. The maximum atomic E-state index is 13.7. The number of ketones is 1. The highest BCUT2D eigenvalue weighted by Crippen LogP contribution is 2.21. The number of para-hydroxylation sites is 1. The zero-order chi connectivity index (χ0) is 14.7. The summed E-state index contributed by atoms with van der Waals surface area (Å²) < 4.78 is 32.3. The van der Waals surface area contributed by atoms with Crippen LogP contribution in [0.1, 0.15) is 21.5 Å². The van der Waals surface area contributed by atoms with Crippen molar-refractivity contribution in [2.75, 3.05) is 7.11 Å². The van der Waals surface area contributed by atoms with Crippen LogP contribution in [0, 0.1) is 18.6 Å². The molecule has 2 aromatic carbocycles. The molecule has 2 aromatic rings. The van der Waals surface area contributed by atoms with Crippen LogP contribution in [0.2, 0.25) is 0 Å². The maximum absolute atomic E-state index is 13.7. The highest BCUT2D eigenvalue weighted by atomic mass is 19.1. The summed E-state index contributed by atoms with van der Waals surface area (Å²) in [5.41, 5.74) is 0.579. The molecule has 0 aliphatic carbocycles. The van der Waals surface area contributed by atoms with Crippen LogP contribution in [-0.4, -0.2) is 12.9 Å². The van der Waals surface area contributed by atoms with Gasteiger partial charge in [-0.2, -0.15) is 0 Å². The molecule has 0 aliphatic rings. The largest absolute Gasteiger partial charge is 0.496 e. The number of Topliss-reactive ketones (excluding diaryl/α,β-unsaturated/α-hetero) is 1. The summed E-state index contributed by atoms with van der Waals surface area (Å²) in [7, 11) is 1.50. The van der Waals surface area contributed by atoms with Gasteiger partial charge in [0.05, 0.1) is 12.7 Å². The number of rotatable bonds is 4. The average Bonchev–Trinajstić information content (AvgIpc) is 2.43. The monoisotopic (exact) mass is 276 g/mol. The molecule has 20 heavy (non-hydrogen) atoms. The first-order valence-corrected chi connectivity index (χ1v) is 6.13. The summed E-state index contributed by atoms with van der Waals surface area (Å²) in [5.74, 6) is -1.22. The van der Waals surface area contributed by atoms with Gasteiger partial charge in [0.25, 0.3) is 0 Å². The molecule has 0 spiro atoms. The number of hydrogen-bond acceptors (Lipinski definition) is 2. The first-order valence-electron chi connectivity index (χ1n) is 6.13. The fraction of sp³-hybridized carbons (Fsp3) is 0.188. The molecule has 0 aromatic heterocycles. The molecule has 0 atom stereocenters. The molecule has 0 amide bonds. The van der Waals surface area contributed by atoms with E-state index in [0.29, 0.717) is 11.3 Å². The van der Waals surface area contributed by atoms with Crippen molar-refractivity contribution in [1.29, 1.82) is 0 Å². The number of hydrogen-bond donors (Lipinski definition) is 0. The molecule has 0 N–H and O–H groups in total. The minimum Gasteiger partial charge on any atom is -0.496 e. The average molecular weight is 276 g/mol. The van der Waals surface area contributed by atoms with Crippen molar-refractivity contribution in [1.82, 2.24) is 0 Å². The van der Waals surface area contributed by atoms with Gasteiger partial charge in [0.15, 0.2) is 5.78 Å². The van der Waals surface area contributed by atoms with Gasteiger partial charge in [0.2, 0.25) is 0 Å². The smallest absolute Gasteiger partial charge is 0.170 e. The number of carbonyl (C=O) groups is 1. The van der Waals surface area contributed by atoms with Crippen LogP contribution in [0.5, 0.6) is 5.75 Å². The van der Waals surface area contributed by atoms with Crippen molar-refractivity contribution in [2.24, 2.45) is 0 Å². The van der Waals surface area contributed by atoms with E-state index in [1.165, 1.54) is 14.0 Å². The second-order valence-electron chi connectivity index (χ2n) is 4.49. The summed E-state index contributed by atoms with van der Waals surface area (Å²) in [6.07, 6.45) is -0.0383. The molecule has 0 saturated carbocycles. The Bertz CT molecular complexity index is 651. The predicted octanol–water partition coefficient (Wildman–Crippen LogP) is 3.71. The van der Waals surface area contributed by atoms with Crippen LogP contribution in [0.3, 0.4) is 0 Å². The van der Waals surface area contributed by atoms with Crippen LogP contribution in [0.4, 0.5) is 8.78 Å². The standard InChI is InChI=1S/C16H14F2O2/c1-10-7-14(18)12(9-13(10)17)15(19)8-11-5-3-4-6-16(11)20-2/h3-7,9H,8H2,1-2H3. The van der Waals surface area contributed by atoms with E-state index >= 15 is 0 Å². The third-order valence-electron chi connectivity index (χ3n) is 3.09. The Morgan fingerprint density at radius 3 is 2.55 bits per heavy atom. The lowest BCUT2D eigenvalue weighted by molar-refractivity contribution is 0.0987. The van der Waals surface area contributed by atoms with E-state index in [0.717, 1.165) is 12.1 Å². The third-order valence-corrected chi connectivity index (χ3v) is 3.09. The molecule has 104 valence electrons. The minimum atomic E-state index is -0.705. The predicted molar refractivity (Wildman–Crippen MR) is 72.1 cm³/mol. The second kappa shape index (κ2) is 5.82. The van der Waals surface area contributed by atoms with Gasteiger partial charge < -0.3 is 4.74 Å². The number of halogens is 2. The summed E-state index contributed by atoms with van der Waals surface area (Å²) in [6.45, 7) is 1.45. The molecular formula is C16H14F2O2. The van der Waals surface area contributed by atoms with Gasteiger partial charge >= 0.3 is 0 Å². The molecular weight excluding hydrogens is 262 g/mol. The van der Waals surface area contributed by atoms with Gasteiger partial charge in [-0.05, 0) is 30.7 Å². The van der Waals surface area contributed by atoms with Gasteiger partial charge in [-0.15, -0.1) is 0 Å². The molecule has 0 saturated heterocycles. The summed E-state index contributed by atoms with van der Waals surface area (Å²) in [4.78, 5) is 12.1. The SMILES string of the molecule is COc1ccccc1CC(=O)c1cc(F)c(C)cc1F. The zero-order valence-corrected chi connectivity index (χ0v) is 11.2. The highest BCUT2D eigenvalue weighted by Gasteiger charge is 2.16. The Kier molecular flexibility index (Phi) is 4.13. The molecule has 0 aliphatic heterocycles. The van der Waals surface area contributed by atoms with Crippen molar-refractivity contribution >= 4 is 5.78 Å². The number of aryl methyl sites for hydroxylation is 1. The molecule has 0 fully saturated rings. The topological polar surface area (TPSA) is 26.3 Å². The van der Waals surface area contributed by atoms with Crippen LogP contribution in [0.25, 0.3) is 0 Å². The first kappa shape index (κ1) is 14.2. The van der Waals surface area contributed by atoms with Crippen LogP contribution in [0.15, 0.2) is 36.4 Å². The minimum absolute atomic E-state index is 0.0383. The Balaban J connectivity index is 2.31. The van der Waals surface area contributed by atoms with E-state index in [4.69, 9.17) is 4.74 Å². The van der Waals surface area contributed by atoms with Crippen molar-refractivity contribution in [2.45, 2.75) is 13.3 Å². The number of methoxy groups -OCH3 is 1. The summed E-state index contributed by atoms with van der Waals surface area (Å²) >= 11 is 0. The van der Waals surface area contributed by atoms with E-state index in [2.05, 4.69) is 0 Å². The van der Waals surface area contributed by atoms with Gasteiger partial charge in [0.1, 0.15) is 17.4 Å². The second-order valence-corrected chi connectivity index (χ2v) is 4.49. The molecule has 0 unspecified atom stereocenters. The lowest BCUT2D eigenvalue weighted by Crippen LogP contribution is -2.08. The number of ether oxygens (including phenoxy) is 1. The van der Waals surface area contributed by atoms with E-state index in [-0.39, 0.29) is 17.5 Å². The van der Waals surface area contributed by atoms with E-state index in [9.17, 15) is 13.6 Å².